The minimum Gasteiger partial charge on any atom is -0.469 e. The van der Waals surface area contributed by atoms with Crippen molar-refractivity contribution in [3.05, 3.63) is 81.3 Å². The van der Waals surface area contributed by atoms with E-state index in [9.17, 15) is 14.4 Å². The summed E-state index contributed by atoms with van der Waals surface area (Å²) in [5, 5.41) is 3.11. The molecule has 3 heterocycles. The van der Waals surface area contributed by atoms with Gasteiger partial charge in [0.15, 0.2) is 11.5 Å². The van der Waals surface area contributed by atoms with E-state index in [4.69, 9.17) is 15.2 Å². The highest BCUT2D eigenvalue weighted by Gasteiger charge is 2.37. The van der Waals surface area contributed by atoms with E-state index in [-0.39, 0.29) is 35.8 Å². The number of ether oxygens (including phenoxy) is 2. The van der Waals surface area contributed by atoms with Crippen LogP contribution in [0.5, 0.6) is 6.01 Å². The molecule has 2 aromatic heterocycles. The Kier molecular flexibility index (Phi) is 10.1. The number of methoxy groups -OCH3 is 1. The average Bonchev–Trinajstić information content (AvgIpc) is 3.38. The molecule has 0 saturated heterocycles. The van der Waals surface area contributed by atoms with E-state index in [2.05, 4.69) is 44.2 Å². The van der Waals surface area contributed by atoms with Crippen LogP contribution in [0, 0.1) is 0 Å². The number of imidazole rings is 1. The third kappa shape index (κ3) is 7.17. The van der Waals surface area contributed by atoms with E-state index in [0.29, 0.717) is 43.7 Å². The lowest BCUT2D eigenvalue weighted by Gasteiger charge is -2.41. The van der Waals surface area contributed by atoms with Crippen LogP contribution in [0.4, 0.5) is 5.82 Å². The summed E-state index contributed by atoms with van der Waals surface area (Å²) in [6.45, 7) is 5.33. The van der Waals surface area contributed by atoms with Gasteiger partial charge >= 0.3 is 17.7 Å². The van der Waals surface area contributed by atoms with Gasteiger partial charge in [0.25, 0.3) is 0 Å². The number of nitrogens with one attached hydrogen (secondary N) is 2. The van der Waals surface area contributed by atoms with Crippen molar-refractivity contribution in [2.75, 3.05) is 19.5 Å². The fraction of sp³-hybridized carbons (Fsp3) is 0.424. The molecule has 5 rings (SSSR count). The molecule has 2 unspecified atom stereocenters. The largest absolute Gasteiger partial charge is 0.469 e. The van der Waals surface area contributed by atoms with E-state index in [0.717, 1.165) is 41.5 Å². The number of nitrogens with two attached hydrogens (primary N) is 1. The second-order valence-electron chi connectivity index (χ2n) is 11.3. The summed E-state index contributed by atoms with van der Waals surface area (Å²) < 4.78 is 12.1. The van der Waals surface area contributed by atoms with E-state index >= 15 is 0 Å². The van der Waals surface area contributed by atoms with Crippen molar-refractivity contribution >= 4 is 28.9 Å². The lowest BCUT2D eigenvalue weighted by atomic mass is 9.94. The molecular formula is C33H41N7O5. The van der Waals surface area contributed by atoms with Gasteiger partial charge in [0.05, 0.1) is 32.3 Å². The molecule has 1 amide bonds. The van der Waals surface area contributed by atoms with Gasteiger partial charge in [0.2, 0.25) is 5.91 Å². The lowest BCUT2D eigenvalue weighted by Crippen LogP contribution is -2.52. The fourth-order valence-electron chi connectivity index (χ4n) is 5.78. The predicted octanol–water partition coefficient (Wildman–Crippen LogP) is 3.64. The third-order valence-electron chi connectivity index (χ3n) is 8.19. The van der Waals surface area contributed by atoms with Crippen molar-refractivity contribution in [2.45, 2.75) is 77.7 Å². The molecule has 0 bridgehead atoms. The van der Waals surface area contributed by atoms with Crippen LogP contribution in [-0.2, 0) is 40.3 Å². The third-order valence-corrected chi connectivity index (χ3v) is 8.19. The molecule has 0 radical (unpaired) electrons. The van der Waals surface area contributed by atoms with Gasteiger partial charge in [-0.25, -0.2) is 4.79 Å². The van der Waals surface area contributed by atoms with Gasteiger partial charge in [-0.15, -0.1) is 0 Å². The summed E-state index contributed by atoms with van der Waals surface area (Å²) in [4.78, 5) is 52.9. The van der Waals surface area contributed by atoms with Crippen LogP contribution < -0.4 is 21.5 Å². The van der Waals surface area contributed by atoms with Crippen LogP contribution in [-0.4, -0.2) is 56.1 Å². The Balaban J connectivity index is 1.46. The normalized spacial score (nSPS) is 15.4. The van der Waals surface area contributed by atoms with E-state index in [1.807, 2.05) is 43.3 Å². The number of esters is 1. The van der Waals surface area contributed by atoms with Gasteiger partial charge in [-0.2, -0.15) is 9.97 Å². The maximum atomic E-state index is 13.9. The van der Waals surface area contributed by atoms with Gasteiger partial charge in [-0.1, -0.05) is 75.2 Å². The minimum absolute atomic E-state index is 0.115. The zero-order valence-corrected chi connectivity index (χ0v) is 26.0. The molecule has 2 atom stereocenters. The van der Waals surface area contributed by atoms with Crippen LogP contribution in [0.3, 0.4) is 0 Å². The van der Waals surface area contributed by atoms with Crippen molar-refractivity contribution in [1.29, 1.82) is 0 Å². The number of aromatic amines is 1. The van der Waals surface area contributed by atoms with Gasteiger partial charge in [0, 0.05) is 19.5 Å². The summed E-state index contributed by atoms with van der Waals surface area (Å²) in [6.07, 6.45) is 3.30. The van der Waals surface area contributed by atoms with Crippen LogP contribution in [0.25, 0.3) is 11.2 Å². The fourth-order valence-corrected chi connectivity index (χ4v) is 5.78. The Morgan fingerprint density at radius 3 is 2.51 bits per heavy atom. The van der Waals surface area contributed by atoms with Crippen molar-refractivity contribution in [3.63, 3.8) is 0 Å². The topological polar surface area (TPSA) is 157 Å². The maximum Gasteiger partial charge on any atom is 0.329 e. The molecule has 2 aromatic carbocycles. The molecule has 4 aromatic rings. The number of nitrogens with zero attached hydrogens (tertiary/aromatic N) is 4. The van der Waals surface area contributed by atoms with Gasteiger partial charge in [0.1, 0.15) is 5.52 Å². The molecule has 0 saturated carbocycles. The number of carbonyl (C=O) groups excluding carboxylic acids is 2. The van der Waals surface area contributed by atoms with Gasteiger partial charge in [-0.3, -0.25) is 19.1 Å². The van der Waals surface area contributed by atoms with Crippen molar-refractivity contribution < 1.29 is 19.1 Å². The number of unbranched alkanes of at least 4 members (excludes halogenated alkanes) is 1. The molecule has 0 aliphatic carbocycles. The first-order chi connectivity index (χ1) is 21.8. The number of carbonyl (C=O) groups is 2. The Labute approximate surface area is 261 Å². The highest BCUT2D eigenvalue weighted by Crippen LogP contribution is 2.34. The number of hydrogen-bond acceptors (Lipinski definition) is 9. The number of anilines is 1. The summed E-state index contributed by atoms with van der Waals surface area (Å²) in [5.41, 5.74) is 10.5. The van der Waals surface area contributed by atoms with Crippen LogP contribution in [0.2, 0.25) is 0 Å². The first kappa shape index (κ1) is 31.7. The molecule has 45 heavy (non-hydrogen) atoms. The second kappa shape index (κ2) is 14.4. The number of amides is 1. The standard InChI is InChI=1S/C33H41N7O5/c1-4-6-16-45-32-37-29(34)28-30(38-32)40(33(43)36-28)26-18-23-10-7-8-11-24(23)20-39(26)25(9-5-2)31(42)35-19-22-14-12-21(13-15-22)17-27(41)44-3/h7-8,10-15,25-26H,4-6,9,16-20H2,1-3H3,(H,35,42)(H,36,43)(H2,34,37,38). The minimum atomic E-state index is -0.525. The number of hydrogen-bond donors (Lipinski definition) is 3. The quantitative estimate of drug-likeness (QED) is 0.151. The SMILES string of the molecule is CCCCOc1nc(N)c2[nH]c(=O)n(C3Cc4ccccc4CN3C(CCC)C(=O)NCc3ccc(CC(=O)OC)cc3)c2n1. The number of benzene rings is 2. The number of H-pyrrole nitrogens is 1. The number of fused-ring (bicyclic) bond motifs is 2. The molecule has 1 aliphatic rings. The molecule has 0 fully saturated rings. The highest BCUT2D eigenvalue weighted by molar-refractivity contribution is 5.83. The van der Waals surface area contributed by atoms with Gasteiger partial charge < -0.3 is 25.5 Å². The van der Waals surface area contributed by atoms with Crippen molar-refractivity contribution in [2.24, 2.45) is 0 Å². The molecule has 12 heteroatoms. The summed E-state index contributed by atoms with van der Waals surface area (Å²) in [7, 11) is 1.36. The van der Waals surface area contributed by atoms with Crippen LogP contribution >= 0.6 is 0 Å². The van der Waals surface area contributed by atoms with E-state index in [1.54, 1.807) is 4.57 Å². The van der Waals surface area contributed by atoms with Crippen LogP contribution in [0.15, 0.2) is 53.3 Å². The molecule has 1 aliphatic heterocycles. The van der Waals surface area contributed by atoms with E-state index in [1.165, 1.54) is 7.11 Å². The Bertz CT molecular complexity index is 1700. The van der Waals surface area contributed by atoms with E-state index < -0.39 is 12.2 Å². The number of nitrogen functional groups attached to an aromatic ring is 1. The maximum absolute atomic E-state index is 13.9. The Hall–Kier alpha value is -4.71. The summed E-state index contributed by atoms with van der Waals surface area (Å²) in [6, 6.07) is 15.2. The summed E-state index contributed by atoms with van der Waals surface area (Å²) >= 11 is 0. The lowest BCUT2D eigenvalue weighted by molar-refractivity contribution is -0.139. The number of rotatable bonds is 13. The first-order valence-corrected chi connectivity index (χ1v) is 15.5. The summed E-state index contributed by atoms with van der Waals surface area (Å²) in [5.74, 6) is -0.309. The zero-order valence-electron chi connectivity index (χ0n) is 26.0. The van der Waals surface area contributed by atoms with Crippen molar-refractivity contribution in [1.82, 2.24) is 29.7 Å². The zero-order chi connectivity index (χ0) is 31.9. The molecule has 0 spiro atoms. The molecule has 12 nitrogen and oxygen atoms in total. The molecular weight excluding hydrogens is 574 g/mol. The highest BCUT2D eigenvalue weighted by atomic mass is 16.5. The Morgan fingerprint density at radius 1 is 1.07 bits per heavy atom. The average molecular weight is 616 g/mol. The Morgan fingerprint density at radius 2 is 1.80 bits per heavy atom. The monoisotopic (exact) mass is 615 g/mol. The second-order valence-corrected chi connectivity index (χ2v) is 11.3. The number of aromatic nitrogens is 4. The first-order valence-electron chi connectivity index (χ1n) is 15.5. The van der Waals surface area contributed by atoms with Crippen LogP contribution in [0.1, 0.15) is 68.0 Å². The van der Waals surface area contributed by atoms with Gasteiger partial charge in [-0.05, 0) is 35.1 Å². The smallest absolute Gasteiger partial charge is 0.329 e. The predicted molar refractivity (Wildman–Crippen MR) is 170 cm³/mol. The van der Waals surface area contributed by atoms with Crippen molar-refractivity contribution in [3.8, 4) is 6.01 Å². The molecule has 4 N–H and O–H groups in total. The molecule has 238 valence electrons.